The van der Waals surface area contributed by atoms with Crippen LogP contribution in [0.1, 0.15) is 219 Å². The maximum absolute atomic E-state index is 11.9. The molecule has 0 unspecified atom stereocenters. The van der Waals surface area contributed by atoms with Crippen molar-refractivity contribution in [3.05, 3.63) is 0 Å². The van der Waals surface area contributed by atoms with Crippen LogP contribution in [-0.2, 0) is 30.1 Å². The Morgan fingerprint density at radius 2 is 0.524 bits per heavy atom. The van der Waals surface area contributed by atoms with E-state index in [2.05, 4.69) is 13.8 Å². The van der Waals surface area contributed by atoms with Gasteiger partial charge in [0.2, 0.25) is 0 Å². The van der Waals surface area contributed by atoms with Crippen LogP contribution in [0.25, 0.3) is 0 Å². The molecule has 0 bridgehead atoms. The maximum Gasteiger partial charge on any atom is 2.00 e. The van der Waals surface area contributed by atoms with E-state index in [1.165, 1.54) is 180 Å². The first-order valence-electron chi connectivity index (χ1n) is 18.7. The molecule has 0 spiro atoms. The first-order chi connectivity index (χ1) is 20.1. The molecule has 0 atom stereocenters. The third kappa shape index (κ3) is 38.6. The predicted molar refractivity (Wildman–Crippen MR) is 179 cm³/mol. The molecule has 0 heterocycles. The van der Waals surface area contributed by atoms with Crippen LogP contribution in [0.5, 0.6) is 0 Å². The van der Waals surface area contributed by atoms with Gasteiger partial charge in [0.15, 0.2) is 0 Å². The summed E-state index contributed by atoms with van der Waals surface area (Å²) in [5.41, 5.74) is 0. The van der Waals surface area contributed by atoms with Crippen molar-refractivity contribution in [2.75, 3.05) is 13.2 Å². The Morgan fingerprint density at radius 1 is 0.357 bits per heavy atom. The number of unbranched alkanes of at least 4 members (excludes halogenated alkanes) is 30. The van der Waals surface area contributed by atoms with Gasteiger partial charge in [-0.25, -0.2) is 0 Å². The molecule has 0 saturated carbocycles. The summed E-state index contributed by atoms with van der Waals surface area (Å²) in [5, 5.41) is 0. The predicted octanol–water partition coefficient (Wildman–Crippen LogP) is 13.0. The molecule has 6 heteroatoms. The summed E-state index contributed by atoms with van der Waals surface area (Å²) >= 11 is 0. The first-order valence-corrected chi connectivity index (χ1v) is 20.2. The van der Waals surface area contributed by atoms with Crippen LogP contribution in [0.3, 0.4) is 0 Å². The van der Waals surface area contributed by atoms with Crippen LogP contribution in [0.15, 0.2) is 0 Å². The van der Waals surface area contributed by atoms with Crippen molar-refractivity contribution in [2.24, 2.45) is 0 Å². The quantitative estimate of drug-likeness (QED) is 0.0381. The minimum atomic E-state index is -4.12. The second-order valence-electron chi connectivity index (χ2n) is 12.7. The smallest absolute Gasteiger partial charge is 0.756 e. The summed E-state index contributed by atoms with van der Waals surface area (Å²) in [4.78, 5) is 11.9. The normalized spacial score (nSPS) is 11.7. The second kappa shape index (κ2) is 37.8. The van der Waals surface area contributed by atoms with E-state index >= 15 is 0 Å². The Hall–Kier alpha value is 0.604. The Balaban J connectivity index is 0. The fraction of sp³-hybridized carbons (Fsp3) is 1.00. The summed E-state index contributed by atoms with van der Waals surface area (Å²) in [7, 11) is -4.12. The van der Waals surface area contributed by atoms with E-state index in [4.69, 9.17) is 9.05 Å². The molecule has 256 valence electrons. The molecule has 0 aromatic rings. The van der Waals surface area contributed by atoms with Crippen LogP contribution < -0.4 is 4.89 Å². The summed E-state index contributed by atoms with van der Waals surface area (Å²) < 4.78 is 22.0. The standard InChI is InChI=1S/C36H75O4P.Ni/c1-3-5-7-9-11-13-15-17-19-21-23-25-27-29-31-33-35-39-41(37,38)40-36-34-32-30-28-26-24-22-20-18-16-14-12-10-8-6-4-2;/h3-36H2,1-2H3,(H,37,38);/q;+2/p-1. The van der Waals surface area contributed by atoms with E-state index < -0.39 is 7.82 Å². The van der Waals surface area contributed by atoms with Crippen LogP contribution in [-0.4, -0.2) is 13.2 Å². The van der Waals surface area contributed by atoms with Crippen LogP contribution in [0, 0.1) is 0 Å². The molecule has 0 rings (SSSR count). The van der Waals surface area contributed by atoms with Gasteiger partial charge in [-0.15, -0.1) is 0 Å². The topological polar surface area (TPSA) is 58.6 Å². The van der Waals surface area contributed by atoms with E-state index in [1.54, 1.807) is 0 Å². The number of phosphoric acid groups is 1. The van der Waals surface area contributed by atoms with E-state index in [0.717, 1.165) is 25.7 Å². The molecule has 0 fully saturated rings. The molecule has 0 aromatic carbocycles. The third-order valence-corrected chi connectivity index (χ3v) is 9.49. The molecular weight excluding hydrogens is 586 g/mol. The average Bonchev–Trinajstić information content (AvgIpc) is 2.96. The van der Waals surface area contributed by atoms with E-state index in [9.17, 15) is 9.46 Å². The molecule has 4 nitrogen and oxygen atoms in total. The number of hydrogen-bond donors (Lipinski definition) is 0. The number of phosphoric ester groups is 1. The molecule has 0 N–H and O–H groups in total. The SMILES string of the molecule is CCCCCCCCCCCCCCCCCCOP(=O)([O-])OCCCCCCCCCCCCCCCCCC.[Ni+2]. The van der Waals surface area contributed by atoms with Gasteiger partial charge in [0.1, 0.15) is 0 Å². The van der Waals surface area contributed by atoms with Crippen molar-refractivity contribution in [3.8, 4) is 0 Å². The fourth-order valence-corrected chi connectivity index (χ4v) is 6.47. The van der Waals surface area contributed by atoms with Gasteiger partial charge in [-0.05, 0) is 12.8 Å². The largest absolute Gasteiger partial charge is 2.00 e. The maximum atomic E-state index is 11.9. The summed E-state index contributed by atoms with van der Waals surface area (Å²) in [6, 6.07) is 0. The van der Waals surface area contributed by atoms with E-state index in [-0.39, 0.29) is 29.7 Å². The number of rotatable bonds is 36. The van der Waals surface area contributed by atoms with Crippen molar-refractivity contribution in [2.45, 2.75) is 219 Å². The van der Waals surface area contributed by atoms with Gasteiger partial charge in [-0.2, -0.15) is 0 Å². The summed E-state index contributed by atoms with van der Waals surface area (Å²) in [6.07, 6.45) is 41.9. The molecule has 0 radical (unpaired) electrons. The van der Waals surface area contributed by atoms with Crippen molar-refractivity contribution in [1.29, 1.82) is 0 Å². The molecule has 0 saturated heterocycles. The van der Waals surface area contributed by atoms with Crippen molar-refractivity contribution >= 4 is 7.82 Å². The Labute approximate surface area is 274 Å². The van der Waals surface area contributed by atoms with E-state index in [0.29, 0.717) is 0 Å². The molecular formula is C36H74NiO4P+. The molecule has 0 amide bonds. The fourth-order valence-electron chi connectivity index (χ4n) is 5.69. The second-order valence-corrected chi connectivity index (χ2v) is 14.1. The monoisotopic (exact) mass is 659 g/mol. The summed E-state index contributed by atoms with van der Waals surface area (Å²) in [6.45, 7) is 5.08. The minimum Gasteiger partial charge on any atom is -0.756 e. The molecule has 0 aliphatic rings. The van der Waals surface area contributed by atoms with Crippen LogP contribution in [0.4, 0.5) is 0 Å². The summed E-state index contributed by atoms with van der Waals surface area (Å²) in [5.74, 6) is 0. The molecule has 42 heavy (non-hydrogen) atoms. The molecule has 0 aliphatic carbocycles. The number of hydrogen-bond acceptors (Lipinski definition) is 4. The molecule has 0 aromatic heterocycles. The minimum absolute atomic E-state index is 0. The zero-order valence-electron chi connectivity index (χ0n) is 28.4. The van der Waals surface area contributed by atoms with Gasteiger partial charge in [0.05, 0.1) is 13.2 Å². The van der Waals surface area contributed by atoms with Gasteiger partial charge < -0.3 is 13.9 Å². The Bertz CT molecular complexity index is 493. The average molecular weight is 661 g/mol. The van der Waals surface area contributed by atoms with Gasteiger partial charge in [0.25, 0.3) is 7.82 Å². The Morgan fingerprint density at radius 3 is 0.714 bits per heavy atom. The zero-order valence-corrected chi connectivity index (χ0v) is 30.3. The third-order valence-electron chi connectivity index (χ3n) is 8.49. The van der Waals surface area contributed by atoms with Crippen LogP contribution in [0.2, 0.25) is 0 Å². The first kappa shape index (κ1) is 44.7. The Kier molecular flexibility index (Phi) is 40.2. The zero-order chi connectivity index (χ0) is 30.0. The van der Waals surface area contributed by atoms with Gasteiger partial charge in [-0.3, -0.25) is 4.57 Å². The van der Waals surface area contributed by atoms with Crippen molar-refractivity contribution < 1.29 is 35.0 Å². The van der Waals surface area contributed by atoms with Gasteiger partial charge in [0, 0.05) is 0 Å². The van der Waals surface area contributed by atoms with Crippen LogP contribution >= 0.6 is 7.82 Å². The van der Waals surface area contributed by atoms with E-state index in [1.807, 2.05) is 0 Å². The molecule has 0 aliphatic heterocycles. The van der Waals surface area contributed by atoms with Gasteiger partial charge in [-0.1, -0.05) is 206 Å². The van der Waals surface area contributed by atoms with Crippen molar-refractivity contribution in [3.63, 3.8) is 0 Å². The van der Waals surface area contributed by atoms with Crippen molar-refractivity contribution in [1.82, 2.24) is 0 Å². The van der Waals surface area contributed by atoms with Gasteiger partial charge >= 0.3 is 16.5 Å².